The summed E-state index contributed by atoms with van der Waals surface area (Å²) in [5.74, 6) is -2.42. The van der Waals surface area contributed by atoms with Gasteiger partial charge in [0.1, 0.15) is 0 Å². The highest BCUT2D eigenvalue weighted by Gasteiger charge is 2.33. The summed E-state index contributed by atoms with van der Waals surface area (Å²) in [6.45, 7) is 2.49. The van der Waals surface area contributed by atoms with Crippen molar-refractivity contribution < 1.29 is 39.6 Å². The summed E-state index contributed by atoms with van der Waals surface area (Å²) < 4.78 is 0. The summed E-state index contributed by atoms with van der Waals surface area (Å²) in [4.78, 5) is 53.0. The third-order valence-corrected chi connectivity index (χ3v) is 9.68. The van der Waals surface area contributed by atoms with E-state index in [9.17, 15) is 39.6 Å². The molecule has 0 spiro atoms. The van der Waals surface area contributed by atoms with Crippen LogP contribution in [0.15, 0.2) is 0 Å². The normalized spacial score (nSPS) is 30.2. The predicted molar refractivity (Wildman–Crippen MR) is 146 cm³/mol. The van der Waals surface area contributed by atoms with Crippen LogP contribution in [0.2, 0.25) is 0 Å². The van der Waals surface area contributed by atoms with Gasteiger partial charge in [-0.1, -0.05) is 39.0 Å². The molecule has 0 aromatic rings. The zero-order valence-electron chi connectivity index (χ0n) is 25.1. The number of rotatable bonds is 11. The van der Waals surface area contributed by atoms with E-state index in [4.69, 9.17) is 0 Å². The molecule has 3 aliphatic rings. The van der Waals surface area contributed by atoms with Crippen LogP contribution in [0, 0.1) is 23.7 Å². The van der Waals surface area contributed by atoms with Gasteiger partial charge < -0.3 is 39.6 Å². The van der Waals surface area contributed by atoms with Crippen LogP contribution in [-0.2, 0) is 19.2 Å². The second-order valence-corrected chi connectivity index (χ2v) is 12.9. The quantitative estimate of drug-likeness (QED) is 0.233. The second-order valence-electron chi connectivity index (χ2n) is 12.9. The predicted octanol–water partition coefficient (Wildman–Crippen LogP) is -3.40. The van der Waals surface area contributed by atoms with Gasteiger partial charge in [-0.2, -0.15) is 0 Å². The molecule has 0 aromatic heterocycles. The number of aliphatic carboxylic acids is 4. The zero-order chi connectivity index (χ0) is 30.6. The Morgan fingerprint density at radius 2 is 1.10 bits per heavy atom. The second kappa shape index (κ2) is 17.1. The van der Waals surface area contributed by atoms with Gasteiger partial charge in [0.05, 0.1) is 23.9 Å². The number of carbonyl (C=O) groups excluding carboxylic acids is 4. The van der Waals surface area contributed by atoms with Gasteiger partial charge in [0.15, 0.2) is 0 Å². The summed E-state index contributed by atoms with van der Waals surface area (Å²) in [6.07, 6.45) is 10.3. The average Bonchev–Trinajstić information content (AvgIpc) is 2.90. The van der Waals surface area contributed by atoms with Gasteiger partial charge in [-0.05, 0) is 49.4 Å². The Bertz CT molecular complexity index is 897. The molecule has 42 heavy (non-hydrogen) atoms. The topological polar surface area (TPSA) is 173 Å². The minimum atomic E-state index is -1.28. The molecule has 3 fully saturated rings. The molecule has 0 N–H and O–H groups in total. The fraction of sp³-hybridized carbons (Fsp3) is 0.867. The number of carboxylic acids is 4. The highest BCUT2D eigenvalue weighted by Crippen LogP contribution is 2.42. The molecule has 2 aliphatic carbocycles. The Balaban J connectivity index is 1.78. The first-order valence-corrected chi connectivity index (χ1v) is 15.7. The summed E-state index contributed by atoms with van der Waals surface area (Å²) in [6, 6.07) is -0.308. The van der Waals surface area contributed by atoms with E-state index in [1.807, 2.05) is 0 Å². The first-order valence-electron chi connectivity index (χ1n) is 15.7. The van der Waals surface area contributed by atoms with Gasteiger partial charge in [0.25, 0.3) is 0 Å². The van der Waals surface area contributed by atoms with Crippen LogP contribution >= 0.6 is 0 Å². The Kier molecular flexibility index (Phi) is 13.9. The molecule has 0 radical (unpaired) electrons. The van der Waals surface area contributed by atoms with Crippen molar-refractivity contribution in [2.75, 3.05) is 72.0 Å². The fourth-order valence-corrected chi connectivity index (χ4v) is 7.54. The van der Waals surface area contributed by atoms with Crippen LogP contribution in [0.1, 0.15) is 64.7 Å². The molecular formula is C30H48N4O8-4. The summed E-state index contributed by atoms with van der Waals surface area (Å²) in [5, 5.41) is 46.3. The molecular weight excluding hydrogens is 544 g/mol. The smallest absolute Gasteiger partial charge is 0.0555 e. The molecule has 1 saturated heterocycles. The number of nitrogens with zero attached hydrogens (tertiary/aromatic N) is 4. The SMILES string of the molecule is CC1CCCC(C2CCC(CC3CN(CC(=O)[O-])CCN(CC(=O)[O-])CCN(CC(=O)[O-])CCN3CC(=O)[O-])CC2)C1. The molecule has 12 nitrogen and oxygen atoms in total. The van der Waals surface area contributed by atoms with Crippen LogP contribution in [0.5, 0.6) is 0 Å². The van der Waals surface area contributed by atoms with Crippen molar-refractivity contribution in [1.82, 2.24) is 19.6 Å². The molecule has 12 heteroatoms. The number of carboxylic acid groups (broad SMARTS) is 4. The largest absolute Gasteiger partial charge is 0.549 e. The van der Waals surface area contributed by atoms with Crippen LogP contribution in [0.4, 0.5) is 0 Å². The Morgan fingerprint density at radius 3 is 1.62 bits per heavy atom. The summed E-state index contributed by atoms with van der Waals surface area (Å²) in [5.41, 5.74) is 0. The van der Waals surface area contributed by atoms with E-state index in [0.717, 1.165) is 43.4 Å². The van der Waals surface area contributed by atoms with E-state index in [-0.39, 0.29) is 78.0 Å². The van der Waals surface area contributed by atoms with E-state index in [0.29, 0.717) is 12.3 Å². The minimum absolute atomic E-state index is 0.216. The molecule has 2 saturated carbocycles. The fourth-order valence-electron chi connectivity index (χ4n) is 7.54. The lowest BCUT2D eigenvalue weighted by Crippen LogP contribution is -2.55. The Labute approximate surface area is 249 Å². The molecule has 3 unspecified atom stereocenters. The van der Waals surface area contributed by atoms with Crippen molar-refractivity contribution in [1.29, 1.82) is 0 Å². The van der Waals surface area contributed by atoms with Gasteiger partial charge in [0, 0.05) is 78.0 Å². The molecule has 0 aromatic carbocycles. The van der Waals surface area contributed by atoms with Gasteiger partial charge in [0.2, 0.25) is 0 Å². The van der Waals surface area contributed by atoms with Crippen molar-refractivity contribution in [2.24, 2.45) is 23.7 Å². The third-order valence-electron chi connectivity index (χ3n) is 9.68. The van der Waals surface area contributed by atoms with E-state index < -0.39 is 23.9 Å². The number of hydrogen-bond donors (Lipinski definition) is 0. The molecule has 3 rings (SSSR count). The van der Waals surface area contributed by atoms with Crippen molar-refractivity contribution in [3.63, 3.8) is 0 Å². The van der Waals surface area contributed by atoms with Gasteiger partial charge in [-0.15, -0.1) is 0 Å². The maximum Gasteiger partial charge on any atom is 0.0555 e. The van der Waals surface area contributed by atoms with Crippen LogP contribution in [-0.4, -0.2) is 122 Å². The first kappa shape index (κ1) is 34.2. The highest BCUT2D eigenvalue weighted by atomic mass is 16.4. The minimum Gasteiger partial charge on any atom is -0.549 e. The lowest BCUT2D eigenvalue weighted by atomic mass is 9.68. The van der Waals surface area contributed by atoms with Crippen molar-refractivity contribution in [2.45, 2.75) is 70.8 Å². The zero-order valence-corrected chi connectivity index (χ0v) is 25.1. The van der Waals surface area contributed by atoms with Crippen LogP contribution in [0.3, 0.4) is 0 Å². The van der Waals surface area contributed by atoms with Gasteiger partial charge >= 0.3 is 0 Å². The standard InChI is InChI=1S/C30H52N4O8/c1-22-3-2-4-25(15-22)24-7-5-23(6-8-24)16-26-17-33(20-29(39)40)12-11-31(18-27(35)36)9-10-32(19-28(37)38)13-14-34(26)21-30(41)42/h22-26H,2-21H2,1H3,(H,35,36)(H,37,38)(H,39,40)(H,41,42)/p-4. The van der Waals surface area contributed by atoms with E-state index in [1.54, 1.807) is 19.6 Å². The lowest BCUT2D eigenvalue weighted by molar-refractivity contribution is -0.309. The maximum absolute atomic E-state index is 11.8. The maximum atomic E-state index is 11.8. The molecule has 3 atom stereocenters. The van der Waals surface area contributed by atoms with E-state index in [1.165, 1.54) is 25.7 Å². The molecule has 240 valence electrons. The van der Waals surface area contributed by atoms with E-state index in [2.05, 4.69) is 6.92 Å². The lowest BCUT2D eigenvalue weighted by Gasteiger charge is -2.42. The van der Waals surface area contributed by atoms with E-state index >= 15 is 0 Å². The third kappa shape index (κ3) is 12.1. The number of hydrogen-bond acceptors (Lipinski definition) is 12. The molecule has 0 amide bonds. The van der Waals surface area contributed by atoms with Crippen molar-refractivity contribution >= 4 is 23.9 Å². The summed E-state index contributed by atoms with van der Waals surface area (Å²) >= 11 is 0. The Hall–Kier alpha value is -2.28. The Morgan fingerprint density at radius 1 is 0.595 bits per heavy atom. The number of carbonyl (C=O) groups is 4. The first-order chi connectivity index (χ1) is 20.0. The van der Waals surface area contributed by atoms with Gasteiger partial charge in [-0.3, -0.25) is 19.6 Å². The van der Waals surface area contributed by atoms with Crippen LogP contribution < -0.4 is 20.4 Å². The molecule has 1 aliphatic heterocycles. The average molecular weight is 593 g/mol. The highest BCUT2D eigenvalue weighted by molar-refractivity contribution is 5.68. The molecule has 0 bridgehead atoms. The van der Waals surface area contributed by atoms with Crippen LogP contribution in [0.25, 0.3) is 0 Å². The molecule has 1 heterocycles. The summed E-state index contributed by atoms with van der Waals surface area (Å²) in [7, 11) is 0. The van der Waals surface area contributed by atoms with Crippen molar-refractivity contribution in [3.8, 4) is 0 Å². The van der Waals surface area contributed by atoms with Gasteiger partial charge in [-0.25, -0.2) is 0 Å². The monoisotopic (exact) mass is 592 g/mol. The van der Waals surface area contributed by atoms with Crippen molar-refractivity contribution in [3.05, 3.63) is 0 Å².